The van der Waals surface area contributed by atoms with Crippen LogP contribution < -0.4 is 20.5 Å². The van der Waals surface area contributed by atoms with Gasteiger partial charge in [0.2, 0.25) is 5.88 Å². The summed E-state index contributed by atoms with van der Waals surface area (Å²) in [5.74, 6) is -5.69. The van der Waals surface area contributed by atoms with Crippen LogP contribution in [0.15, 0.2) is 29.1 Å². The van der Waals surface area contributed by atoms with Gasteiger partial charge in [0.1, 0.15) is 22.6 Å². The summed E-state index contributed by atoms with van der Waals surface area (Å²) in [5.41, 5.74) is -2.10. The highest BCUT2D eigenvalue weighted by Gasteiger charge is 2.46. The average molecular weight is 887 g/mol. The number of fused-ring (bicyclic) bond motifs is 1. The number of ether oxygens (including phenoxy) is 2. The van der Waals surface area contributed by atoms with Crippen LogP contribution in [0.2, 0.25) is 0 Å². The van der Waals surface area contributed by atoms with Crippen LogP contribution in [-0.2, 0) is 41.8 Å². The second-order valence-electron chi connectivity index (χ2n) is 16.3. The van der Waals surface area contributed by atoms with Crippen LogP contribution in [0, 0.1) is 11.7 Å². The number of benzene rings is 1. The van der Waals surface area contributed by atoms with Gasteiger partial charge in [0.05, 0.1) is 42.1 Å². The van der Waals surface area contributed by atoms with Gasteiger partial charge in [0, 0.05) is 50.1 Å². The summed E-state index contributed by atoms with van der Waals surface area (Å²) in [6.45, 7) is 8.94. The van der Waals surface area contributed by atoms with Crippen LogP contribution >= 0.6 is 0 Å². The van der Waals surface area contributed by atoms with Crippen LogP contribution in [0.1, 0.15) is 96.7 Å². The molecule has 1 amide bonds. The van der Waals surface area contributed by atoms with Crippen molar-refractivity contribution in [2.45, 2.75) is 97.1 Å². The molecule has 60 heavy (non-hydrogen) atoms. The fourth-order valence-electron chi connectivity index (χ4n) is 7.20. The first-order valence-corrected chi connectivity index (χ1v) is 23.8. The van der Waals surface area contributed by atoms with Crippen LogP contribution in [0.5, 0.6) is 5.88 Å². The number of carbonyl (C=O) groups excluding carboxylic acids is 1. The minimum absolute atomic E-state index is 0.00154. The number of nitrogens with zero attached hydrogens (tertiary/aromatic N) is 5. The van der Waals surface area contributed by atoms with E-state index in [9.17, 15) is 26.4 Å². The van der Waals surface area contributed by atoms with Gasteiger partial charge in [-0.05, 0) is 66.4 Å². The zero-order valence-corrected chi connectivity index (χ0v) is 36.8. The molecule has 1 aromatic carbocycles. The van der Waals surface area contributed by atoms with Gasteiger partial charge in [-0.25, -0.2) is 31.1 Å². The van der Waals surface area contributed by atoms with Gasteiger partial charge >= 0.3 is 6.09 Å². The van der Waals surface area contributed by atoms with E-state index >= 15 is 13.2 Å². The fraction of sp³-hybridized carbons (Fsp3) is 0.650. The lowest BCUT2D eigenvalue weighted by Crippen LogP contribution is -2.44. The molecule has 2 saturated heterocycles. The number of aryl methyl sites for hydroxylation is 1. The first-order valence-electron chi connectivity index (χ1n) is 20.4. The molecule has 2 aromatic heterocycles. The number of hydrogen-bond acceptors (Lipinski definition) is 13. The third kappa shape index (κ3) is 11.8. The van der Waals surface area contributed by atoms with E-state index < -0.39 is 66.5 Å². The van der Waals surface area contributed by atoms with E-state index in [1.54, 1.807) is 38.7 Å². The van der Waals surface area contributed by atoms with Gasteiger partial charge < -0.3 is 24.6 Å². The van der Waals surface area contributed by atoms with Gasteiger partial charge in [-0.1, -0.05) is 37.5 Å². The Morgan fingerprint density at radius 3 is 2.28 bits per heavy atom. The third-order valence-corrected chi connectivity index (χ3v) is 13.5. The Bertz CT molecular complexity index is 2270. The molecule has 15 nitrogen and oxygen atoms in total. The Labute approximate surface area is 350 Å². The van der Waals surface area contributed by atoms with Crippen molar-refractivity contribution in [2.24, 2.45) is 13.0 Å². The van der Waals surface area contributed by atoms with Crippen molar-refractivity contribution in [3.05, 3.63) is 51.6 Å². The minimum Gasteiger partial charge on any atom is -0.477 e. The highest BCUT2D eigenvalue weighted by molar-refractivity contribution is 7.91. The van der Waals surface area contributed by atoms with Crippen molar-refractivity contribution in [1.29, 1.82) is 0 Å². The smallest absolute Gasteiger partial charge is 0.410 e. The number of anilines is 2. The van der Waals surface area contributed by atoms with E-state index in [1.807, 2.05) is 0 Å². The number of amides is 1. The average Bonchev–Trinajstić information content (AvgIpc) is 3.18. The molecular weight excluding hydrogens is 830 g/mol. The molecule has 2 aliphatic rings. The molecule has 4 heterocycles. The molecular formula is C40H57F3N6O9S2. The Kier molecular flexibility index (Phi) is 15.0. The predicted octanol–water partition coefficient (Wildman–Crippen LogP) is 6.31. The lowest BCUT2D eigenvalue weighted by molar-refractivity contribution is -0.0885. The maximum absolute atomic E-state index is 16.3. The lowest BCUT2D eigenvalue weighted by atomic mass is 9.85. The Hall–Kier alpha value is -4.17. The number of alkyl halides is 2. The van der Waals surface area contributed by atoms with Crippen molar-refractivity contribution in [1.82, 2.24) is 19.7 Å². The molecule has 1 atom stereocenters. The first-order chi connectivity index (χ1) is 28.1. The molecule has 2 aliphatic heterocycles. The number of nitrogens with one attached hydrogen (secondary N) is 1. The number of hydrogen-bond donors (Lipinski definition) is 1. The van der Waals surface area contributed by atoms with Crippen molar-refractivity contribution >= 4 is 48.5 Å². The van der Waals surface area contributed by atoms with Crippen molar-refractivity contribution in [3.63, 3.8) is 0 Å². The standard InChI is InChI=1S/C40H57F3N6O9S2/c1-7-60(54,55)57-23-12-10-8-9-11-22-56-36-33-30(26-32(45-36)48-20-24-59(52,53)25-21-48)35(46-47(6)37(33)50)44-27(2)29-14-13-15-31(34(29)41)40(42,43)28-16-18-49(19-17-28)38(51)58-39(3,4)5/h13-15,26-28H,7-12,16-25H2,1-6H3,(H,44,46)/t27-/m1/s1. The number of aromatic nitrogens is 3. The summed E-state index contributed by atoms with van der Waals surface area (Å²) in [7, 11) is -5.31. The molecule has 0 aliphatic carbocycles. The molecule has 5 rings (SSSR count). The number of pyridine rings is 1. The quantitative estimate of drug-likeness (QED) is 0.118. The normalized spacial score (nSPS) is 17.1. The van der Waals surface area contributed by atoms with E-state index in [4.69, 9.17) is 13.7 Å². The van der Waals surface area contributed by atoms with Crippen molar-refractivity contribution in [3.8, 4) is 5.88 Å². The van der Waals surface area contributed by atoms with Crippen LogP contribution in [-0.4, -0.2) is 105 Å². The Morgan fingerprint density at radius 1 is 1.02 bits per heavy atom. The van der Waals surface area contributed by atoms with Gasteiger partial charge in [-0.15, -0.1) is 0 Å². The molecule has 2 fully saturated rings. The molecule has 3 aromatic rings. The topological polar surface area (TPSA) is 179 Å². The summed E-state index contributed by atoms with van der Waals surface area (Å²) >= 11 is 0. The Morgan fingerprint density at radius 2 is 1.65 bits per heavy atom. The van der Waals surface area contributed by atoms with Gasteiger partial charge in [0.15, 0.2) is 15.7 Å². The molecule has 0 bridgehead atoms. The zero-order chi connectivity index (χ0) is 44.0. The monoisotopic (exact) mass is 886 g/mol. The molecule has 334 valence electrons. The number of likely N-dealkylation sites (tertiary alicyclic amines) is 1. The van der Waals surface area contributed by atoms with Gasteiger partial charge in [0.25, 0.3) is 21.6 Å². The van der Waals surface area contributed by atoms with E-state index in [2.05, 4.69) is 15.4 Å². The number of rotatable bonds is 17. The van der Waals surface area contributed by atoms with Crippen LogP contribution in [0.25, 0.3) is 10.8 Å². The molecule has 0 spiro atoms. The molecule has 1 N–H and O–H groups in total. The largest absolute Gasteiger partial charge is 0.477 e. The summed E-state index contributed by atoms with van der Waals surface area (Å²) in [6, 6.07) is 4.50. The van der Waals surface area contributed by atoms with Crippen molar-refractivity contribution in [2.75, 3.05) is 66.9 Å². The highest BCUT2D eigenvalue weighted by Crippen LogP contribution is 2.44. The molecule has 0 radical (unpaired) electrons. The second-order valence-corrected chi connectivity index (χ2v) is 20.6. The summed E-state index contributed by atoms with van der Waals surface area (Å²) in [4.78, 5) is 34.0. The van der Waals surface area contributed by atoms with Gasteiger partial charge in [-0.3, -0.25) is 8.98 Å². The predicted molar refractivity (Wildman–Crippen MR) is 223 cm³/mol. The van der Waals surface area contributed by atoms with E-state index in [-0.39, 0.29) is 97.5 Å². The molecule has 0 saturated carbocycles. The number of halogens is 3. The van der Waals surface area contributed by atoms with Crippen LogP contribution in [0.3, 0.4) is 0 Å². The summed E-state index contributed by atoms with van der Waals surface area (Å²) < 4.78 is 114. The van der Waals surface area contributed by atoms with Crippen molar-refractivity contribution < 1.29 is 48.5 Å². The summed E-state index contributed by atoms with van der Waals surface area (Å²) in [6.07, 6.45) is 2.73. The Balaban J connectivity index is 1.37. The number of piperidine rings is 1. The van der Waals surface area contributed by atoms with E-state index in [0.29, 0.717) is 18.7 Å². The number of carbonyl (C=O) groups is 1. The fourth-order valence-corrected chi connectivity index (χ4v) is 8.94. The second kappa shape index (κ2) is 19.3. The van der Waals surface area contributed by atoms with E-state index in [1.165, 1.54) is 31.0 Å². The van der Waals surface area contributed by atoms with Crippen LogP contribution in [0.4, 0.5) is 29.6 Å². The van der Waals surface area contributed by atoms with Gasteiger partial charge in [-0.2, -0.15) is 18.5 Å². The lowest BCUT2D eigenvalue weighted by Gasteiger charge is -2.37. The third-order valence-electron chi connectivity index (χ3n) is 10.7. The summed E-state index contributed by atoms with van der Waals surface area (Å²) in [5, 5.41) is 7.90. The first kappa shape index (κ1) is 46.9. The number of sulfone groups is 1. The highest BCUT2D eigenvalue weighted by atomic mass is 32.2. The maximum Gasteiger partial charge on any atom is 0.410 e. The molecule has 20 heteroatoms. The molecule has 0 unspecified atom stereocenters. The minimum atomic E-state index is -3.55. The maximum atomic E-state index is 16.3. The zero-order valence-electron chi connectivity index (χ0n) is 35.1. The van der Waals surface area contributed by atoms with E-state index in [0.717, 1.165) is 30.0 Å². The SMILES string of the molecule is CCS(=O)(=O)OCCCCCCCOc1nc(N2CCS(=O)(=O)CC2)cc2c(N[C@H](C)c3cccc(C(F)(F)C4CCN(C(=O)OC(C)(C)C)CC4)c3F)nn(C)c(=O)c12. The number of unbranched alkanes of at least 4 members (excludes halogenated alkanes) is 4.